The Bertz CT molecular complexity index is 1170. The molecule has 0 heterocycles. The van der Waals surface area contributed by atoms with Gasteiger partial charge in [-0.05, 0) is 29.2 Å². The fraction of sp³-hybridized carbons (Fsp3) is 0.556. The number of nitrogens with two attached hydrogens (primary N) is 1. The molecule has 2 unspecified atom stereocenters. The van der Waals surface area contributed by atoms with E-state index in [9.17, 15) is 23.1 Å². The molecule has 3 rings (SSSR count). The van der Waals surface area contributed by atoms with Crippen LogP contribution in [0.1, 0.15) is 44.6 Å². The third kappa shape index (κ3) is 8.49. The molecule has 0 bridgehead atoms. The number of benzene rings is 2. The molecule has 5 N–H and O–H groups in total. The smallest absolute Gasteiger partial charge is 0.243 e. The molecule has 0 spiro atoms. The van der Waals surface area contributed by atoms with Gasteiger partial charge >= 0.3 is 0 Å². The second kappa shape index (κ2) is 13.3. The van der Waals surface area contributed by atoms with E-state index < -0.39 is 39.9 Å². The Morgan fingerprint density at radius 2 is 1.76 bits per heavy atom. The van der Waals surface area contributed by atoms with E-state index in [-0.39, 0.29) is 32.1 Å². The number of amides is 2. The molecule has 0 saturated heterocycles. The highest BCUT2D eigenvalue weighted by Gasteiger charge is 2.32. The summed E-state index contributed by atoms with van der Waals surface area (Å²) >= 11 is 0. The second-order valence-corrected chi connectivity index (χ2v) is 12.0. The first-order valence-corrected chi connectivity index (χ1v) is 14.8. The van der Waals surface area contributed by atoms with E-state index in [4.69, 9.17) is 5.73 Å². The predicted molar refractivity (Wildman–Crippen MR) is 145 cm³/mol. The van der Waals surface area contributed by atoms with Gasteiger partial charge in [0, 0.05) is 38.0 Å². The lowest BCUT2D eigenvalue weighted by molar-refractivity contribution is -0.131. The summed E-state index contributed by atoms with van der Waals surface area (Å²) in [4.78, 5) is 26.3. The summed E-state index contributed by atoms with van der Waals surface area (Å²) in [5.74, 6) is -1.49. The number of carbonyl (C=O) groups excluding carboxylic acids is 2. The average molecular weight is 533 g/mol. The van der Waals surface area contributed by atoms with Crippen LogP contribution in [0.15, 0.2) is 42.5 Å². The second-order valence-electron chi connectivity index (χ2n) is 10.1. The fourth-order valence-electron chi connectivity index (χ4n) is 4.83. The summed E-state index contributed by atoms with van der Waals surface area (Å²) in [6, 6.07) is 12.7. The van der Waals surface area contributed by atoms with Gasteiger partial charge in [-0.15, -0.1) is 0 Å². The summed E-state index contributed by atoms with van der Waals surface area (Å²) in [6.07, 6.45) is 5.15. The molecule has 0 radical (unpaired) electrons. The Kier molecular flexibility index (Phi) is 10.5. The van der Waals surface area contributed by atoms with Crippen molar-refractivity contribution >= 4 is 32.6 Å². The van der Waals surface area contributed by atoms with Crippen LogP contribution in [0.5, 0.6) is 0 Å². The van der Waals surface area contributed by atoms with E-state index in [1.54, 1.807) is 6.92 Å². The molecule has 37 heavy (non-hydrogen) atoms. The quantitative estimate of drug-likeness (QED) is 0.327. The molecule has 1 fully saturated rings. The minimum absolute atomic E-state index is 0.00150. The van der Waals surface area contributed by atoms with Gasteiger partial charge in [0.15, 0.2) is 0 Å². The van der Waals surface area contributed by atoms with Crippen molar-refractivity contribution in [3.63, 3.8) is 0 Å². The molecule has 2 aromatic carbocycles. The van der Waals surface area contributed by atoms with Crippen LogP contribution in [-0.4, -0.2) is 73.7 Å². The Morgan fingerprint density at radius 3 is 2.41 bits per heavy atom. The molecular weight excluding hydrogens is 492 g/mol. The van der Waals surface area contributed by atoms with E-state index in [1.807, 2.05) is 42.5 Å². The molecule has 0 aromatic heterocycles. The topological polar surface area (TPSA) is 142 Å². The lowest BCUT2D eigenvalue weighted by atomic mass is 9.95. The van der Waals surface area contributed by atoms with Crippen LogP contribution in [0.4, 0.5) is 0 Å². The molecular formula is C27H40N4O5S. The van der Waals surface area contributed by atoms with Gasteiger partial charge in [0.1, 0.15) is 6.04 Å². The number of fused-ring (bicyclic) bond motifs is 1. The van der Waals surface area contributed by atoms with Crippen molar-refractivity contribution in [3.05, 3.63) is 48.0 Å². The molecule has 0 aliphatic heterocycles. The number of nitrogens with zero attached hydrogens (tertiary/aromatic N) is 1. The highest BCUT2D eigenvalue weighted by Crippen LogP contribution is 2.25. The first kappa shape index (κ1) is 29.0. The zero-order chi connectivity index (χ0) is 27.0. The summed E-state index contributed by atoms with van der Waals surface area (Å²) in [6.45, 7) is 1.71. The first-order chi connectivity index (χ1) is 17.6. The van der Waals surface area contributed by atoms with Gasteiger partial charge in [-0.3, -0.25) is 9.59 Å². The number of hydrogen-bond donors (Lipinski definition) is 4. The van der Waals surface area contributed by atoms with Crippen molar-refractivity contribution in [1.82, 2.24) is 14.9 Å². The van der Waals surface area contributed by atoms with Gasteiger partial charge in [0.05, 0.1) is 12.4 Å². The van der Waals surface area contributed by atoms with Crippen LogP contribution >= 0.6 is 0 Å². The molecule has 204 valence electrons. The monoisotopic (exact) mass is 532 g/mol. The van der Waals surface area contributed by atoms with Crippen LogP contribution in [0, 0.1) is 5.92 Å². The van der Waals surface area contributed by atoms with Crippen LogP contribution in [-0.2, 0) is 26.0 Å². The van der Waals surface area contributed by atoms with E-state index in [0.717, 1.165) is 48.4 Å². The van der Waals surface area contributed by atoms with Gasteiger partial charge in [0.25, 0.3) is 0 Å². The van der Waals surface area contributed by atoms with Crippen molar-refractivity contribution in [3.8, 4) is 0 Å². The Balaban J connectivity index is 1.74. The van der Waals surface area contributed by atoms with E-state index in [2.05, 4.69) is 10.6 Å². The summed E-state index contributed by atoms with van der Waals surface area (Å²) in [7, 11) is -3.49. The lowest BCUT2D eigenvalue weighted by Crippen LogP contribution is -2.52. The highest BCUT2D eigenvalue weighted by molar-refractivity contribution is 7.88. The number of rotatable bonds is 12. The molecule has 1 aliphatic rings. The number of aliphatic hydroxyl groups excluding tert-OH is 1. The highest BCUT2D eigenvalue weighted by atomic mass is 32.2. The first-order valence-electron chi connectivity index (χ1n) is 13.0. The van der Waals surface area contributed by atoms with Gasteiger partial charge in [0.2, 0.25) is 21.8 Å². The number of nitrogens with one attached hydrogen (secondary N) is 2. The summed E-state index contributed by atoms with van der Waals surface area (Å²) < 4.78 is 26.5. The number of sulfonamides is 1. The largest absolute Gasteiger partial charge is 0.390 e. The molecule has 9 nitrogen and oxygen atoms in total. The van der Waals surface area contributed by atoms with Gasteiger partial charge in [-0.1, -0.05) is 68.7 Å². The van der Waals surface area contributed by atoms with Crippen LogP contribution in [0.25, 0.3) is 10.8 Å². The summed E-state index contributed by atoms with van der Waals surface area (Å²) in [5, 5.41) is 17.4. The Hall–Kier alpha value is -2.53. The number of aliphatic hydroxyl groups is 1. The number of carbonyl (C=O) groups is 2. The molecule has 2 amide bonds. The molecule has 10 heteroatoms. The van der Waals surface area contributed by atoms with Crippen molar-refractivity contribution < 1.29 is 23.1 Å². The minimum atomic E-state index is -3.49. The van der Waals surface area contributed by atoms with Crippen LogP contribution < -0.4 is 16.4 Å². The van der Waals surface area contributed by atoms with Crippen molar-refractivity contribution in [2.24, 2.45) is 11.7 Å². The van der Waals surface area contributed by atoms with Crippen LogP contribution in [0.3, 0.4) is 0 Å². The lowest BCUT2D eigenvalue weighted by Gasteiger charge is -2.34. The molecule has 3 atom stereocenters. The normalized spacial score (nSPS) is 17.3. The maximum atomic E-state index is 13.2. The van der Waals surface area contributed by atoms with Crippen molar-refractivity contribution in [2.45, 2.75) is 63.6 Å². The van der Waals surface area contributed by atoms with Gasteiger partial charge in [-0.25, -0.2) is 8.42 Å². The van der Waals surface area contributed by atoms with E-state index in [0.29, 0.717) is 0 Å². The predicted octanol–water partition coefficient (Wildman–Crippen LogP) is 1.53. The number of hydrogen-bond acceptors (Lipinski definition) is 6. The SMILES string of the molecule is CC(CN(C1CCCCC1)S(C)(=O)=O)C(=O)NC(Cc1ccc2ccccc2c1)C(=O)NC[C@H](O)CN. The average Bonchev–Trinajstić information content (AvgIpc) is 2.89. The molecule has 2 aromatic rings. The zero-order valence-corrected chi connectivity index (χ0v) is 22.5. The maximum absolute atomic E-state index is 13.2. The van der Waals surface area contributed by atoms with E-state index in [1.165, 1.54) is 10.6 Å². The fourth-order valence-corrected chi connectivity index (χ4v) is 6.07. The molecule has 1 aliphatic carbocycles. The third-order valence-corrected chi connectivity index (χ3v) is 8.28. The minimum Gasteiger partial charge on any atom is -0.390 e. The van der Waals surface area contributed by atoms with Gasteiger partial charge < -0.3 is 21.5 Å². The van der Waals surface area contributed by atoms with Gasteiger partial charge in [-0.2, -0.15) is 4.31 Å². The zero-order valence-electron chi connectivity index (χ0n) is 21.7. The Labute approximate surface area is 219 Å². The third-order valence-electron chi connectivity index (χ3n) is 6.98. The summed E-state index contributed by atoms with van der Waals surface area (Å²) in [5.41, 5.74) is 6.32. The molecule has 1 saturated carbocycles. The van der Waals surface area contributed by atoms with Crippen molar-refractivity contribution in [1.29, 1.82) is 0 Å². The maximum Gasteiger partial charge on any atom is 0.243 e. The van der Waals surface area contributed by atoms with E-state index >= 15 is 0 Å². The van der Waals surface area contributed by atoms with Crippen molar-refractivity contribution in [2.75, 3.05) is 25.9 Å². The van der Waals surface area contributed by atoms with Crippen LogP contribution in [0.2, 0.25) is 0 Å². The standard InChI is InChI=1S/C27H40N4O5S/c1-19(18-31(37(2,35)36)23-10-4-3-5-11-23)26(33)30-25(27(34)29-17-24(32)16-28)15-20-12-13-21-8-6-7-9-22(21)14-20/h6-9,12-14,19,23-25,32H,3-5,10-11,15-18,28H2,1-2H3,(H,29,34)(H,30,33)/t19?,24-,25?/m1/s1. The Morgan fingerprint density at radius 1 is 1.08 bits per heavy atom.